The molecule has 4 heteroatoms. The van der Waals surface area contributed by atoms with Crippen molar-refractivity contribution in [1.29, 1.82) is 0 Å². The molecule has 1 amide bonds. The number of carbonyl (C=O) groups is 1. The van der Waals surface area contributed by atoms with Crippen LogP contribution in [0, 0.1) is 13.8 Å². The van der Waals surface area contributed by atoms with E-state index in [0.717, 1.165) is 27.8 Å². The highest BCUT2D eigenvalue weighted by Gasteiger charge is 2.23. The molecule has 28 heavy (non-hydrogen) atoms. The summed E-state index contributed by atoms with van der Waals surface area (Å²) in [5.74, 6) is 1.02. The first-order valence-corrected chi connectivity index (χ1v) is 9.12. The Morgan fingerprint density at radius 1 is 0.929 bits per heavy atom. The van der Waals surface area contributed by atoms with Crippen LogP contribution >= 0.6 is 0 Å². The Morgan fingerprint density at radius 3 is 2.32 bits per heavy atom. The maximum Gasteiger partial charge on any atom is 0.260 e. The van der Waals surface area contributed by atoms with Crippen LogP contribution in [0.15, 0.2) is 71.1 Å². The highest BCUT2D eigenvalue weighted by Crippen LogP contribution is 2.36. The minimum Gasteiger partial charge on any atom is -0.497 e. The summed E-state index contributed by atoms with van der Waals surface area (Å²) < 4.78 is 11.4. The van der Waals surface area contributed by atoms with Crippen molar-refractivity contribution < 1.29 is 13.9 Å². The van der Waals surface area contributed by atoms with Crippen LogP contribution < -0.4 is 10.1 Å². The quantitative estimate of drug-likeness (QED) is 0.480. The van der Waals surface area contributed by atoms with Crippen LogP contribution in [-0.4, -0.2) is 13.0 Å². The van der Waals surface area contributed by atoms with Crippen molar-refractivity contribution in [1.82, 2.24) is 0 Å². The summed E-state index contributed by atoms with van der Waals surface area (Å²) in [6.07, 6.45) is 0. The Bertz CT molecular complexity index is 1140. The van der Waals surface area contributed by atoms with Crippen LogP contribution in [0.4, 0.5) is 5.69 Å². The summed E-state index contributed by atoms with van der Waals surface area (Å²) in [5.41, 5.74) is 4.85. The van der Waals surface area contributed by atoms with E-state index < -0.39 is 0 Å². The minimum atomic E-state index is -0.205. The number of furan rings is 1. The molecule has 0 atom stereocenters. The van der Waals surface area contributed by atoms with Gasteiger partial charge in [0, 0.05) is 16.6 Å². The first-order valence-electron chi connectivity index (χ1n) is 9.12. The fourth-order valence-corrected chi connectivity index (χ4v) is 3.41. The molecule has 4 nitrogen and oxygen atoms in total. The average Bonchev–Trinajstić information content (AvgIpc) is 3.10. The van der Waals surface area contributed by atoms with Crippen molar-refractivity contribution in [2.24, 2.45) is 0 Å². The predicted molar refractivity (Wildman–Crippen MR) is 112 cm³/mol. The van der Waals surface area contributed by atoms with Gasteiger partial charge in [-0.05, 0) is 43.2 Å². The number of fused-ring (bicyclic) bond motifs is 1. The van der Waals surface area contributed by atoms with Gasteiger partial charge in [0.1, 0.15) is 17.1 Å². The van der Waals surface area contributed by atoms with E-state index in [9.17, 15) is 4.79 Å². The van der Waals surface area contributed by atoms with Gasteiger partial charge in [-0.3, -0.25) is 4.79 Å². The number of anilines is 1. The summed E-state index contributed by atoms with van der Waals surface area (Å²) in [6, 6.07) is 21.1. The smallest absolute Gasteiger partial charge is 0.260 e. The van der Waals surface area contributed by atoms with Gasteiger partial charge in [0.25, 0.3) is 5.91 Å². The summed E-state index contributed by atoms with van der Waals surface area (Å²) in [4.78, 5) is 13.4. The first kappa shape index (κ1) is 17.9. The van der Waals surface area contributed by atoms with Crippen LogP contribution in [0.2, 0.25) is 0 Å². The van der Waals surface area contributed by atoms with E-state index in [1.54, 1.807) is 7.11 Å². The molecule has 0 fully saturated rings. The number of amides is 1. The van der Waals surface area contributed by atoms with Gasteiger partial charge in [0.05, 0.1) is 12.7 Å². The second-order valence-electron chi connectivity index (χ2n) is 6.76. The van der Waals surface area contributed by atoms with Gasteiger partial charge in [-0.25, -0.2) is 0 Å². The zero-order chi connectivity index (χ0) is 19.7. The van der Waals surface area contributed by atoms with Crippen molar-refractivity contribution in [3.63, 3.8) is 0 Å². The van der Waals surface area contributed by atoms with Gasteiger partial charge < -0.3 is 14.5 Å². The van der Waals surface area contributed by atoms with Gasteiger partial charge in [-0.1, -0.05) is 48.5 Å². The summed E-state index contributed by atoms with van der Waals surface area (Å²) >= 11 is 0. The molecule has 1 heterocycles. The molecule has 4 rings (SSSR count). The molecule has 0 bridgehead atoms. The van der Waals surface area contributed by atoms with Crippen molar-refractivity contribution in [2.75, 3.05) is 12.4 Å². The van der Waals surface area contributed by atoms with E-state index in [-0.39, 0.29) is 5.91 Å². The standard InChI is InChI=1S/C24H21NO3/c1-15-8-7-9-16(2)22(15)25-24(26)21-19-14-18(27-3)12-13-20(19)28-23(21)17-10-5-4-6-11-17/h4-14H,1-3H3,(H,25,26). The molecule has 4 aromatic rings. The third-order valence-electron chi connectivity index (χ3n) is 4.88. The number of para-hydroxylation sites is 1. The number of carbonyl (C=O) groups excluding carboxylic acids is 1. The van der Waals surface area contributed by atoms with Crippen LogP contribution in [0.3, 0.4) is 0 Å². The normalized spacial score (nSPS) is 10.8. The molecule has 140 valence electrons. The number of rotatable bonds is 4. The Morgan fingerprint density at radius 2 is 1.64 bits per heavy atom. The van der Waals surface area contributed by atoms with Crippen molar-refractivity contribution in [3.05, 3.63) is 83.4 Å². The number of nitrogens with one attached hydrogen (secondary N) is 1. The van der Waals surface area contributed by atoms with Crippen LogP contribution in [-0.2, 0) is 0 Å². The molecule has 0 aliphatic heterocycles. The largest absolute Gasteiger partial charge is 0.497 e. The molecule has 0 radical (unpaired) electrons. The third kappa shape index (κ3) is 3.14. The topological polar surface area (TPSA) is 51.5 Å². The lowest BCUT2D eigenvalue weighted by atomic mass is 10.0. The van der Waals surface area contributed by atoms with E-state index in [2.05, 4.69) is 5.32 Å². The zero-order valence-corrected chi connectivity index (χ0v) is 16.1. The molecule has 0 saturated carbocycles. The lowest BCUT2D eigenvalue weighted by molar-refractivity contribution is 0.102. The lowest BCUT2D eigenvalue weighted by Crippen LogP contribution is -2.14. The first-order chi connectivity index (χ1) is 13.6. The van der Waals surface area contributed by atoms with E-state index in [4.69, 9.17) is 9.15 Å². The van der Waals surface area contributed by atoms with Gasteiger partial charge >= 0.3 is 0 Å². The second kappa shape index (κ2) is 7.24. The predicted octanol–water partition coefficient (Wildman–Crippen LogP) is 5.98. The Kier molecular flexibility index (Phi) is 4.62. The number of ether oxygens (including phenoxy) is 1. The summed E-state index contributed by atoms with van der Waals surface area (Å²) in [5, 5.41) is 3.80. The molecular weight excluding hydrogens is 350 g/mol. The molecule has 1 N–H and O–H groups in total. The molecule has 0 saturated heterocycles. The molecule has 3 aromatic carbocycles. The number of aryl methyl sites for hydroxylation is 2. The van der Waals surface area contributed by atoms with E-state index in [1.807, 2.05) is 80.6 Å². The molecular formula is C24H21NO3. The minimum absolute atomic E-state index is 0.205. The van der Waals surface area contributed by atoms with Gasteiger partial charge in [0.15, 0.2) is 0 Å². The van der Waals surface area contributed by atoms with E-state index in [0.29, 0.717) is 22.7 Å². The fourth-order valence-electron chi connectivity index (χ4n) is 3.41. The molecule has 0 spiro atoms. The number of benzene rings is 3. The fraction of sp³-hybridized carbons (Fsp3) is 0.125. The highest BCUT2D eigenvalue weighted by molar-refractivity contribution is 6.17. The maximum absolute atomic E-state index is 13.4. The van der Waals surface area contributed by atoms with Crippen LogP contribution in [0.25, 0.3) is 22.3 Å². The number of hydrogen-bond donors (Lipinski definition) is 1. The van der Waals surface area contributed by atoms with Gasteiger partial charge in [-0.15, -0.1) is 0 Å². The van der Waals surface area contributed by atoms with Gasteiger partial charge in [-0.2, -0.15) is 0 Å². The SMILES string of the molecule is COc1ccc2oc(-c3ccccc3)c(C(=O)Nc3c(C)cccc3C)c2c1. The Balaban J connectivity index is 1.89. The summed E-state index contributed by atoms with van der Waals surface area (Å²) in [6.45, 7) is 3.97. The Hall–Kier alpha value is -3.53. The number of methoxy groups -OCH3 is 1. The monoisotopic (exact) mass is 371 g/mol. The molecule has 0 aliphatic rings. The van der Waals surface area contributed by atoms with Crippen LogP contribution in [0.5, 0.6) is 5.75 Å². The average molecular weight is 371 g/mol. The summed E-state index contributed by atoms with van der Waals surface area (Å²) in [7, 11) is 1.61. The van der Waals surface area contributed by atoms with E-state index in [1.165, 1.54) is 0 Å². The van der Waals surface area contributed by atoms with Gasteiger partial charge in [0.2, 0.25) is 0 Å². The lowest BCUT2D eigenvalue weighted by Gasteiger charge is -2.12. The van der Waals surface area contributed by atoms with Crippen molar-refractivity contribution in [3.8, 4) is 17.1 Å². The van der Waals surface area contributed by atoms with Crippen LogP contribution in [0.1, 0.15) is 21.5 Å². The maximum atomic E-state index is 13.4. The van der Waals surface area contributed by atoms with Crippen molar-refractivity contribution in [2.45, 2.75) is 13.8 Å². The number of hydrogen-bond acceptors (Lipinski definition) is 3. The van der Waals surface area contributed by atoms with Crippen molar-refractivity contribution >= 4 is 22.6 Å². The second-order valence-corrected chi connectivity index (χ2v) is 6.76. The Labute approximate surface area is 163 Å². The van der Waals surface area contributed by atoms with E-state index >= 15 is 0 Å². The molecule has 1 aromatic heterocycles. The molecule has 0 unspecified atom stereocenters. The zero-order valence-electron chi connectivity index (χ0n) is 16.1. The highest BCUT2D eigenvalue weighted by atomic mass is 16.5. The molecule has 0 aliphatic carbocycles. The third-order valence-corrected chi connectivity index (χ3v) is 4.88.